The molecule has 3 amide bonds. The van der Waals surface area contributed by atoms with Gasteiger partial charge in [0.15, 0.2) is 5.96 Å². The minimum absolute atomic E-state index is 0.202. The zero-order valence-corrected chi connectivity index (χ0v) is 8.52. The van der Waals surface area contributed by atoms with Crippen molar-refractivity contribution in [1.29, 1.82) is 5.41 Å². The molecule has 0 unspecified atom stereocenters. The van der Waals surface area contributed by atoms with E-state index in [0.717, 1.165) is 0 Å². The summed E-state index contributed by atoms with van der Waals surface area (Å²) in [6.45, 7) is 5.70. The summed E-state index contributed by atoms with van der Waals surface area (Å²) < 4.78 is 0. The SMILES string of the molecule is C=C(C)C(=O)NCCNC(=N)NC(N)=O. The van der Waals surface area contributed by atoms with E-state index in [9.17, 15) is 9.59 Å². The second-order valence-corrected chi connectivity index (χ2v) is 2.83. The maximum absolute atomic E-state index is 11.0. The summed E-state index contributed by atoms with van der Waals surface area (Å²) in [5, 5.41) is 14.3. The number of carbonyl (C=O) groups excluding carboxylic acids is 2. The van der Waals surface area contributed by atoms with Crippen LogP contribution in [-0.2, 0) is 4.79 Å². The number of carbonyl (C=O) groups is 2. The molecule has 0 aliphatic heterocycles. The number of rotatable bonds is 4. The monoisotopic (exact) mass is 213 g/mol. The van der Waals surface area contributed by atoms with E-state index in [1.807, 2.05) is 5.32 Å². The molecule has 0 saturated carbocycles. The molecule has 15 heavy (non-hydrogen) atoms. The van der Waals surface area contributed by atoms with E-state index >= 15 is 0 Å². The highest BCUT2D eigenvalue weighted by atomic mass is 16.2. The van der Waals surface area contributed by atoms with Crippen LogP contribution in [0.3, 0.4) is 0 Å². The molecule has 0 heterocycles. The molecule has 0 aromatic carbocycles. The number of hydrogen-bond donors (Lipinski definition) is 5. The Kier molecular flexibility index (Phi) is 5.53. The normalized spacial score (nSPS) is 8.87. The third kappa shape index (κ3) is 7.05. The van der Waals surface area contributed by atoms with Gasteiger partial charge in [0.2, 0.25) is 5.91 Å². The van der Waals surface area contributed by atoms with E-state index < -0.39 is 6.03 Å². The van der Waals surface area contributed by atoms with E-state index in [4.69, 9.17) is 11.1 Å². The molecule has 6 N–H and O–H groups in total. The Morgan fingerprint density at radius 1 is 1.33 bits per heavy atom. The van der Waals surface area contributed by atoms with E-state index in [-0.39, 0.29) is 11.9 Å². The van der Waals surface area contributed by atoms with Crippen molar-refractivity contribution in [1.82, 2.24) is 16.0 Å². The maximum Gasteiger partial charge on any atom is 0.318 e. The number of primary amides is 1. The lowest BCUT2D eigenvalue weighted by Crippen LogP contribution is -2.45. The van der Waals surface area contributed by atoms with Crippen LogP contribution in [0.2, 0.25) is 0 Å². The van der Waals surface area contributed by atoms with Crippen LogP contribution in [-0.4, -0.2) is 31.0 Å². The van der Waals surface area contributed by atoms with Crippen LogP contribution >= 0.6 is 0 Å². The number of hydrogen-bond acceptors (Lipinski definition) is 3. The van der Waals surface area contributed by atoms with Crippen LogP contribution in [0.5, 0.6) is 0 Å². The van der Waals surface area contributed by atoms with E-state index in [1.54, 1.807) is 6.92 Å². The Morgan fingerprint density at radius 3 is 2.33 bits per heavy atom. The molecule has 0 fully saturated rings. The summed E-state index contributed by atoms with van der Waals surface area (Å²) in [4.78, 5) is 21.3. The molecular formula is C8H15N5O2. The number of amides is 3. The molecule has 0 aromatic rings. The van der Waals surface area contributed by atoms with E-state index in [0.29, 0.717) is 18.7 Å². The van der Waals surface area contributed by atoms with Gasteiger partial charge in [0, 0.05) is 18.7 Å². The average molecular weight is 213 g/mol. The topological polar surface area (TPSA) is 120 Å². The Morgan fingerprint density at radius 2 is 1.87 bits per heavy atom. The molecule has 0 atom stereocenters. The van der Waals surface area contributed by atoms with E-state index in [2.05, 4.69) is 17.2 Å². The molecule has 0 radical (unpaired) electrons. The lowest BCUT2D eigenvalue weighted by atomic mass is 10.3. The van der Waals surface area contributed by atoms with Crippen molar-refractivity contribution in [3.05, 3.63) is 12.2 Å². The number of nitrogens with two attached hydrogens (primary N) is 1. The molecule has 7 heteroatoms. The molecule has 0 aliphatic rings. The van der Waals surface area contributed by atoms with Crippen LogP contribution < -0.4 is 21.7 Å². The lowest BCUT2D eigenvalue weighted by molar-refractivity contribution is -0.117. The second kappa shape index (κ2) is 6.41. The van der Waals surface area contributed by atoms with Crippen molar-refractivity contribution in [2.24, 2.45) is 5.73 Å². The first-order valence-corrected chi connectivity index (χ1v) is 4.26. The highest BCUT2D eigenvalue weighted by Gasteiger charge is 2.00. The van der Waals surface area contributed by atoms with Gasteiger partial charge in [-0.2, -0.15) is 0 Å². The fourth-order valence-corrected chi connectivity index (χ4v) is 0.682. The van der Waals surface area contributed by atoms with Gasteiger partial charge in [0.25, 0.3) is 0 Å². The lowest BCUT2D eigenvalue weighted by Gasteiger charge is -2.08. The van der Waals surface area contributed by atoms with Crippen molar-refractivity contribution in [3.8, 4) is 0 Å². The summed E-state index contributed by atoms with van der Waals surface area (Å²) in [5.41, 5.74) is 5.19. The molecule has 0 spiro atoms. The largest absolute Gasteiger partial charge is 0.354 e. The van der Waals surface area contributed by atoms with Gasteiger partial charge < -0.3 is 16.4 Å². The predicted molar refractivity (Wildman–Crippen MR) is 56.3 cm³/mol. The molecule has 0 aliphatic carbocycles. The zero-order valence-electron chi connectivity index (χ0n) is 8.52. The highest BCUT2D eigenvalue weighted by molar-refractivity contribution is 5.94. The fourth-order valence-electron chi connectivity index (χ4n) is 0.682. The van der Waals surface area contributed by atoms with Crippen molar-refractivity contribution in [2.45, 2.75) is 6.92 Å². The number of urea groups is 1. The first kappa shape index (κ1) is 12.9. The molecule has 0 aromatic heterocycles. The third-order valence-electron chi connectivity index (χ3n) is 1.35. The summed E-state index contributed by atoms with van der Waals surface area (Å²) >= 11 is 0. The van der Waals surface area contributed by atoms with Crippen LogP contribution in [0, 0.1) is 5.41 Å². The first-order chi connectivity index (χ1) is 6.93. The van der Waals surface area contributed by atoms with Gasteiger partial charge in [-0.15, -0.1) is 0 Å². The minimum atomic E-state index is -0.807. The summed E-state index contributed by atoms with van der Waals surface area (Å²) in [6, 6.07) is -0.807. The predicted octanol–water partition coefficient (Wildman–Crippen LogP) is -1.13. The van der Waals surface area contributed by atoms with Gasteiger partial charge in [-0.05, 0) is 6.92 Å². The second-order valence-electron chi connectivity index (χ2n) is 2.83. The molecule has 0 rings (SSSR count). The molecular weight excluding hydrogens is 198 g/mol. The van der Waals surface area contributed by atoms with Gasteiger partial charge in [0.1, 0.15) is 0 Å². The van der Waals surface area contributed by atoms with Gasteiger partial charge in [-0.25, -0.2) is 4.79 Å². The number of guanidine groups is 1. The van der Waals surface area contributed by atoms with Gasteiger partial charge >= 0.3 is 6.03 Å². The Hall–Kier alpha value is -2.05. The molecule has 84 valence electrons. The van der Waals surface area contributed by atoms with Gasteiger partial charge in [-0.1, -0.05) is 6.58 Å². The van der Waals surface area contributed by atoms with E-state index in [1.165, 1.54) is 0 Å². The van der Waals surface area contributed by atoms with Crippen LogP contribution in [0.15, 0.2) is 12.2 Å². The van der Waals surface area contributed by atoms with Crippen molar-refractivity contribution in [3.63, 3.8) is 0 Å². The van der Waals surface area contributed by atoms with Crippen molar-refractivity contribution >= 4 is 17.9 Å². The third-order valence-corrected chi connectivity index (χ3v) is 1.35. The fraction of sp³-hybridized carbons (Fsp3) is 0.375. The molecule has 0 bridgehead atoms. The smallest absolute Gasteiger partial charge is 0.318 e. The highest BCUT2D eigenvalue weighted by Crippen LogP contribution is 1.83. The zero-order chi connectivity index (χ0) is 11.8. The molecule has 7 nitrogen and oxygen atoms in total. The maximum atomic E-state index is 11.0. The van der Waals surface area contributed by atoms with Crippen LogP contribution in [0.4, 0.5) is 4.79 Å². The first-order valence-electron chi connectivity index (χ1n) is 4.26. The van der Waals surface area contributed by atoms with Gasteiger partial charge in [0.05, 0.1) is 0 Å². The van der Waals surface area contributed by atoms with Gasteiger partial charge in [-0.3, -0.25) is 15.5 Å². The van der Waals surface area contributed by atoms with Crippen molar-refractivity contribution < 1.29 is 9.59 Å². The summed E-state index contributed by atoms with van der Waals surface area (Å²) in [7, 11) is 0. The minimum Gasteiger partial charge on any atom is -0.354 e. The Balaban J connectivity index is 3.55. The van der Waals surface area contributed by atoms with Crippen molar-refractivity contribution in [2.75, 3.05) is 13.1 Å². The number of nitrogens with one attached hydrogen (secondary N) is 4. The summed E-state index contributed by atoms with van der Waals surface area (Å²) in [6.07, 6.45) is 0. The van der Waals surface area contributed by atoms with Crippen LogP contribution in [0.1, 0.15) is 6.92 Å². The Labute approximate surface area is 87.6 Å². The quantitative estimate of drug-likeness (QED) is 0.176. The van der Waals surface area contributed by atoms with Crippen LogP contribution in [0.25, 0.3) is 0 Å². The molecule has 0 saturated heterocycles. The summed E-state index contributed by atoms with van der Waals surface area (Å²) in [5.74, 6) is -0.446. The average Bonchev–Trinajstić information content (AvgIpc) is 2.10. The Bertz CT molecular complexity index is 287. The standard InChI is InChI=1S/C8H15N5O2/c1-5(2)6(14)11-3-4-12-7(9)13-8(10)15/h1,3-4H2,2H3,(H,11,14)(H5,9,10,12,13,15).